The van der Waals surface area contributed by atoms with E-state index in [9.17, 15) is 23.1 Å². The predicted octanol–water partition coefficient (Wildman–Crippen LogP) is 3.27. The number of hydrogen-bond acceptors (Lipinski definition) is 2. The maximum absolute atomic E-state index is 12.2. The van der Waals surface area contributed by atoms with E-state index in [-0.39, 0.29) is 5.56 Å². The lowest BCUT2D eigenvalue weighted by Crippen LogP contribution is -2.06. The highest BCUT2D eigenvalue weighted by Crippen LogP contribution is 2.36. The molecule has 1 aromatic rings. The molecule has 82 valence electrons. The van der Waals surface area contributed by atoms with Crippen molar-refractivity contribution < 1.29 is 23.1 Å². The van der Waals surface area contributed by atoms with Crippen molar-refractivity contribution in [1.82, 2.24) is 0 Å². The van der Waals surface area contributed by atoms with Crippen molar-refractivity contribution in [3.05, 3.63) is 28.3 Å². The Hall–Kier alpha value is -1.23. The van der Waals surface area contributed by atoms with Crippen LogP contribution in [-0.4, -0.2) is 10.9 Å². The Bertz CT molecular complexity index is 389. The molecule has 0 aliphatic heterocycles. The van der Waals surface area contributed by atoms with Gasteiger partial charge in [0, 0.05) is 0 Å². The van der Waals surface area contributed by atoms with Crippen molar-refractivity contribution in [2.24, 2.45) is 0 Å². The Morgan fingerprint density at radius 2 is 1.93 bits per heavy atom. The predicted molar refractivity (Wildman–Crippen MR) is 48.1 cm³/mol. The molecule has 0 saturated carbocycles. The average Bonchev–Trinajstić information content (AvgIpc) is 1.99. The lowest BCUT2D eigenvalue weighted by Gasteiger charge is -2.10. The highest BCUT2D eigenvalue weighted by molar-refractivity contribution is 6.34. The Morgan fingerprint density at radius 1 is 1.40 bits per heavy atom. The zero-order chi connectivity index (χ0) is 11.8. The van der Waals surface area contributed by atoms with Gasteiger partial charge in [0.25, 0.3) is 0 Å². The van der Waals surface area contributed by atoms with Crippen LogP contribution in [0.4, 0.5) is 13.2 Å². The molecule has 0 heterocycles. The Kier molecular flexibility index (Phi) is 2.95. The molecule has 0 aliphatic rings. The second kappa shape index (κ2) is 3.73. The van der Waals surface area contributed by atoms with Gasteiger partial charge in [0.1, 0.15) is 5.75 Å². The van der Waals surface area contributed by atoms with Crippen LogP contribution in [0.5, 0.6) is 5.75 Å². The number of phenols is 1. The molecule has 0 spiro atoms. The van der Waals surface area contributed by atoms with Crippen LogP contribution in [0, 0.1) is 0 Å². The van der Waals surface area contributed by atoms with Crippen LogP contribution in [0.25, 0.3) is 0 Å². The number of alkyl halides is 3. The fraction of sp³-hybridized carbons (Fsp3) is 0.222. The molecule has 0 aromatic heterocycles. The zero-order valence-electron chi connectivity index (χ0n) is 7.52. The van der Waals surface area contributed by atoms with E-state index in [2.05, 4.69) is 0 Å². The van der Waals surface area contributed by atoms with Crippen molar-refractivity contribution in [2.45, 2.75) is 13.1 Å². The summed E-state index contributed by atoms with van der Waals surface area (Å²) in [4.78, 5) is 10.9. The van der Waals surface area contributed by atoms with E-state index in [0.29, 0.717) is 12.1 Å². The lowest BCUT2D eigenvalue weighted by atomic mass is 10.1. The fourth-order valence-corrected chi connectivity index (χ4v) is 1.45. The molecule has 6 heteroatoms. The molecular formula is C9H6ClF3O2. The minimum atomic E-state index is -4.60. The van der Waals surface area contributed by atoms with Gasteiger partial charge in [0.15, 0.2) is 5.78 Å². The number of halogens is 4. The summed E-state index contributed by atoms with van der Waals surface area (Å²) < 4.78 is 36.7. The van der Waals surface area contributed by atoms with E-state index in [0.717, 1.165) is 6.92 Å². The Labute approximate surface area is 88.3 Å². The number of rotatable bonds is 1. The van der Waals surface area contributed by atoms with E-state index in [4.69, 9.17) is 11.6 Å². The molecule has 0 amide bonds. The maximum atomic E-state index is 12.2. The third kappa shape index (κ3) is 2.41. The van der Waals surface area contributed by atoms with E-state index in [1.807, 2.05) is 0 Å². The van der Waals surface area contributed by atoms with Crippen molar-refractivity contribution in [3.63, 3.8) is 0 Å². The van der Waals surface area contributed by atoms with Gasteiger partial charge in [-0.2, -0.15) is 13.2 Å². The molecule has 0 saturated heterocycles. The number of benzene rings is 1. The third-order valence-electron chi connectivity index (χ3n) is 1.75. The summed E-state index contributed by atoms with van der Waals surface area (Å²) in [6.45, 7) is 1.11. The SMILES string of the molecule is CC(=O)c1c(O)cc(C(F)(F)F)cc1Cl. The van der Waals surface area contributed by atoms with E-state index >= 15 is 0 Å². The van der Waals surface area contributed by atoms with Gasteiger partial charge in [-0.15, -0.1) is 0 Å². The van der Waals surface area contributed by atoms with Gasteiger partial charge in [-0.1, -0.05) is 11.6 Å². The summed E-state index contributed by atoms with van der Waals surface area (Å²) >= 11 is 5.45. The van der Waals surface area contributed by atoms with E-state index in [1.165, 1.54) is 0 Å². The third-order valence-corrected chi connectivity index (χ3v) is 2.05. The summed E-state index contributed by atoms with van der Waals surface area (Å²) in [7, 11) is 0. The summed E-state index contributed by atoms with van der Waals surface area (Å²) in [5.74, 6) is -1.35. The fourth-order valence-electron chi connectivity index (χ4n) is 1.10. The normalized spacial score (nSPS) is 11.5. The zero-order valence-corrected chi connectivity index (χ0v) is 8.28. The first kappa shape index (κ1) is 11.8. The minimum Gasteiger partial charge on any atom is -0.507 e. The molecule has 0 unspecified atom stereocenters. The second-order valence-corrected chi connectivity index (χ2v) is 3.31. The molecule has 0 atom stereocenters. The monoisotopic (exact) mass is 238 g/mol. The van der Waals surface area contributed by atoms with Gasteiger partial charge in [-0.25, -0.2) is 0 Å². The number of Topliss-reactive ketones (excluding diaryl/α,β-unsaturated/α-hetero) is 1. The highest BCUT2D eigenvalue weighted by atomic mass is 35.5. The molecule has 1 rings (SSSR count). The van der Waals surface area contributed by atoms with Crippen molar-refractivity contribution >= 4 is 17.4 Å². The Morgan fingerprint density at radius 3 is 2.27 bits per heavy atom. The van der Waals surface area contributed by atoms with Gasteiger partial charge < -0.3 is 5.11 Å². The summed E-state index contributed by atoms with van der Waals surface area (Å²) in [5.41, 5.74) is -1.39. The first-order valence-electron chi connectivity index (χ1n) is 3.84. The molecular weight excluding hydrogens is 233 g/mol. The molecule has 0 radical (unpaired) electrons. The molecule has 0 fully saturated rings. The molecule has 0 aliphatic carbocycles. The van der Waals surface area contributed by atoms with Crippen LogP contribution >= 0.6 is 11.6 Å². The van der Waals surface area contributed by atoms with Gasteiger partial charge in [0.05, 0.1) is 16.1 Å². The van der Waals surface area contributed by atoms with Crippen LogP contribution in [0.1, 0.15) is 22.8 Å². The van der Waals surface area contributed by atoms with E-state index in [1.54, 1.807) is 0 Å². The number of hydrogen-bond donors (Lipinski definition) is 1. The quantitative estimate of drug-likeness (QED) is 0.763. The first-order chi connectivity index (χ1) is 6.73. The van der Waals surface area contributed by atoms with Crippen molar-refractivity contribution in [1.29, 1.82) is 0 Å². The molecule has 1 N–H and O–H groups in total. The molecule has 1 aromatic carbocycles. The average molecular weight is 239 g/mol. The van der Waals surface area contributed by atoms with Gasteiger partial charge in [0.2, 0.25) is 0 Å². The largest absolute Gasteiger partial charge is 0.507 e. The number of carbonyl (C=O) groups excluding carboxylic acids is 1. The lowest BCUT2D eigenvalue weighted by molar-refractivity contribution is -0.137. The molecule has 0 bridgehead atoms. The van der Waals surface area contributed by atoms with Crippen molar-refractivity contribution in [3.8, 4) is 5.75 Å². The number of ketones is 1. The maximum Gasteiger partial charge on any atom is 0.416 e. The summed E-state index contributed by atoms with van der Waals surface area (Å²) in [6.07, 6.45) is -4.60. The topological polar surface area (TPSA) is 37.3 Å². The number of aromatic hydroxyl groups is 1. The standard InChI is InChI=1S/C9H6ClF3O2/c1-4(14)8-6(10)2-5(3-7(8)15)9(11,12)13/h2-3,15H,1H3. The minimum absolute atomic E-state index is 0.301. The summed E-state index contributed by atoms with van der Waals surface area (Å²) in [5, 5.41) is 8.79. The molecule has 15 heavy (non-hydrogen) atoms. The Balaban J connectivity index is 3.39. The van der Waals surface area contributed by atoms with Crippen molar-refractivity contribution in [2.75, 3.05) is 0 Å². The molecule has 2 nitrogen and oxygen atoms in total. The summed E-state index contributed by atoms with van der Waals surface area (Å²) in [6, 6.07) is 1.08. The second-order valence-electron chi connectivity index (χ2n) is 2.91. The van der Waals surface area contributed by atoms with Crippen LogP contribution in [0.15, 0.2) is 12.1 Å². The van der Waals surface area contributed by atoms with Gasteiger partial charge in [-0.05, 0) is 19.1 Å². The van der Waals surface area contributed by atoms with Gasteiger partial charge >= 0.3 is 6.18 Å². The number of phenolic OH excluding ortho intramolecular Hbond substituents is 1. The van der Waals surface area contributed by atoms with Gasteiger partial charge in [-0.3, -0.25) is 4.79 Å². The van der Waals surface area contributed by atoms with E-state index < -0.39 is 28.3 Å². The van der Waals surface area contributed by atoms with Crippen LogP contribution in [-0.2, 0) is 6.18 Å². The first-order valence-corrected chi connectivity index (χ1v) is 4.22. The van der Waals surface area contributed by atoms with Crippen LogP contribution in [0.3, 0.4) is 0 Å². The number of carbonyl (C=O) groups is 1. The highest BCUT2D eigenvalue weighted by Gasteiger charge is 2.32. The van der Waals surface area contributed by atoms with Crippen LogP contribution in [0.2, 0.25) is 5.02 Å². The van der Waals surface area contributed by atoms with Crippen LogP contribution < -0.4 is 0 Å². The smallest absolute Gasteiger partial charge is 0.416 e.